The zero-order valence-electron chi connectivity index (χ0n) is 15.6. The number of aryl methyl sites for hydroxylation is 1. The lowest BCUT2D eigenvalue weighted by atomic mass is 10.1. The number of aromatic amines is 1. The van der Waals surface area contributed by atoms with Gasteiger partial charge < -0.3 is 9.88 Å². The highest BCUT2D eigenvalue weighted by atomic mass is 16.5. The van der Waals surface area contributed by atoms with Gasteiger partial charge in [-0.15, -0.1) is 0 Å². The van der Waals surface area contributed by atoms with Gasteiger partial charge in [-0.2, -0.15) is 5.26 Å². The van der Waals surface area contributed by atoms with E-state index in [1.807, 2.05) is 41.0 Å². The second-order valence-corrected chi connectivity index (χ2v) is 6.51. The second-order valence-electron chi connectivity index (χ2n) is 6.51. The second kappa shape index (κ2) is 7.48. The Balaban J connectivity index is 1.76. The van der Waals surface area contributed by atoms with Gasteiger partial charge in [0.2, 0.25) is 0 Å². The fraction of sp³-hybridized carbons (Fsp3) is 0.143. The van der Waals surface area contributed by atoms with E-state index in [0.29, 0.717) is 29.1 Å². The molecule has 1 amide bonds. The minimum absolute atomic E-state index is 0.136. The highest BCUT2D eigenvalue weighted by molar-refractivity contribution is 6.08. The standard InChI is InChI=1S/C21H17N5O3/c1-2-9-26-17-6-4-3-5-14(17)11-18(26)20(27)23-16-8-7-13(12-22)10-15(16)19-24-21(28)29-25-19/h3-8,10-11H,2,9H2,1H3,(H,23,27)(H,24,25,28). The Morgan fingerprint density at radius 3 is 2.83 bits per heavy atom. The summed E-state index contributed by atoms with van der Waals surface area (Å²) in [5.74, 6) is -0.884. The van der Waals surface area contributed by atoms with E-state index < -0.39 is 5.76 Å². The Hall–Kier alpha value is -4.12. The first-order valence-corrected chi connectivity index (χ1v) is 9.11. The van der Waals surface area contributed by atoms with Crippen molar-refractivity contribution in [2.45, 2.75) is 19.9 Å². The van der Waals surface area contributed by atoms with Crippen LogP contribution in [0, 0.1) is 11.3 Å². The number of amides is 1. The number of fused-ring (bicyclic) bond motifs is 1. The van der Waals surface area contributed by atoms with E-state index >= 15 is 0 Å². The summed E-state index contributed by atoms with van der Waals surface area (Å²) < 4.78 is 6.55. The van der Waals surface area contributed by atoms with E-state index in [9.17, 15) is 14.9 Å². The van der Waals surface area contributed by atoms with Crippen LogP contribution in [0.4, 0.5) is 5.69 Å². The lowest BCUT2D eigenvalue weighted by Crippen LogP contribution is -2.17. The summed E-state index contributed by atoms with van der Waals surface area (Å²) in [5.41, 5.74) is 2.67. The molecule has 0 bridgehead atoms. The average Bonchev–Trinajstić information content (AvgIpc) is 3.33. The Kier molecular flexibility index (Phi) is 4.71. The minimum atomic E-state index is -0.720. The molecule has 0 radical (unpaired) electrons. The SMILES string of the molecule is CCCn1c(C(=O)Nc2ccc(C#N)cc2-c2noc(=O)[nH]2)cc2ccccc21. The van der Waals surface area contributed by atoms with Gasteiger partial charge in [-0.05, 0) is 36.8 Å². The van der Waals surface area contributed by atoms with Crippen LogP contribution in [0.25, 0.3) is 22.3 Å². The van der Waals surface area contributed by atoms with Gasteiger partial charge in [0.25, 0.3) is 5.91 Å². The summed E-state index contributed by atoms with van der Waals surface area (Å²) in [6.45, 7) is 2.75. The van der Waals surface area contributed by atoms with Crippen LogP contribution in [0.15, 0.2) is 57.8 Å². The van der Waals surface area contributed by atoms with Gasteiger partial charge in [0.1, 0.15) is 5.69 Å². The van der Waals surface area contributed by atoms with Crippen molar-refractivity contribution in [1.29, 1.82) is 5.26 Å². The summed E-state index contributed by atoms with van der Waals surface area (Å²) in [4.78, 5) is 26.9. The molecule has 144 valence electrons. The molecule has 0 aliphatic carbocycles. The van der Waals surface area contributed by atoms with Gasteiger partial charge in [0, 0.05) is 23.0 Å². The number of para-hydroxylation sites is 1. The molecule has 8 nitrogen and oxygen atoms in total. The molecule has 2 N–H and O–H groups in total. The number of carbonyl (C=O) groups is 1. The maximum absolute atomic E-state index is 13.1. The fourth-order valence-electron chi connectivity index (χ4n) is 3.31. The van der Waals surface area contributed by atoms with E-state index in [1.165, 1.54) is 6.07 Å². The van der Waals surface area contributed by atoms with Gasteiger partial charge in [0.05, 0.1) is 17.3 Å². The number of nitrogens with zero attached hydrogens (tertiary/aromatic N) is 3. The molecule has 4 aromatic rings. The molecule has 29 heavy (non-hydrogen) atoms. The minimum Gasteiger partial charge on any atom is -0.337 e. The molecule has 0 atom stereocenters. The molecule has 2 heterocycles. The van der Waals surface area contributed by atoms with E-state index in [-0.39, 0.29) is 11.7 Å². The molecule has 0 saturated heterocycles. The van der Waals surface area contributed by atoms with E-state index in [1.54, 1.807) is 12.1 Å². The largest absolute Gasteiger partial charge is 0.439 e. The molecule has 4 rings (SSSR count). The monoisotopic (exact) mass is 387 g/mol. The number of nitriles is 1. The van der Waals surface area contributed by atoms with Crippen molar-refractivity contribution in [1.82, 2.24) is 14.7 Å². The molecule has 0 aliphatic heterocycles. The number of aromatic nitrogens is 3. The van der Waals surface area contributed by atoms with E-state index in [0.717, 1.165) is 17.3 Å². The van der Waals surface area contributed by atoms with Crippen molar-refractivity contribution in [2.75, 3.05) is 5.32 Å². The number of hydrogen-bond donors (Lipinski definition) is 2. The van der Waals surface area contributed by atoms with Gasteiger partial charge in [0.15, 0.2) is 5.82 Å². The maximum Gasteiger partial charge on any atom is 0.439 e. The zero-order valence-corrected chi connectivity index (χ0v) is 15.6. The number of anilines is 1. The van der Waals surface area contributed by atoms with Crippen molar-refractivity contribution in [3.05, 3.63) is 70.3 Å². The van der Waals surface area contributed by atoms with Crippen molar-refractivity contribution >= 4 is 22.5 Å². The Morgan fingerprint density at radius 2 is 2.10 bits per heavy atom. The fourth-order valence-corrected chi connectivity index (χ4v) is 3.31. The summed E-state index contributed by atoms with van der Waals surface area (Å²) in [6.07, 6.45) is 0.876. The van der Waals surface area contributed by atoms with Gasteiger partial charge in [-0.25, -0.2) is 4.79 Å². The summed E-state index contributed by atoms with van der Waals surface area (Å²) in [6, 6.07) is 16.4. The molecule has 8 heteroatoms. The van der Waals surface area contributed by atoms with Crippen molar-refractivity contribution in [3.8, 4) is 17.5 Å². The van der Waals surface area contributed by atoms with Crippen LogP contribution in [0.1, 0.15) is 29.4 Å². The van der Waals surface area contributed by atoms with Gasteiger partial charge in [-0.1, -0.05) is 30.3 Å². The Bertz CT molecular complexity index is 1310. The lowest BCUT2D eigenvalue weighted by molar-refractivity contribution is 0.101. The number of hydrogen-bond acceptors (Lipinski definition) is 5. The normalized spacial score (nSPS) is 10.8. The van der Waals surface area contributed by atoms with Gasteiger partial charge in [-0.3, -0.25) is 14.3 Å². The first-order chi connectivity index (χ1) is 14.1. The van der Waals surface area contributed by atoms with Crippen molar-refractivity contribution in [3.63, 3.8) is 0 Å². The van der Waals surface area contributed by atoms with Crippen LogP contribution in [-0.4, -0.2) is 20.6 Å². The van der Waals surface area contributed by atoms with E-state index in [2.05, 4.69) is 26.9 Å². The quantitative estimate of drug-likeness (QED) is 0.543. The summed E-state index contributed by atoms with van der Waals surface area (Å²) in [5, 5.41) is 16.7. The zero-order chi connectivity index (χ0) is 20.4. The Morgan fingerprint density at radius 1 is 1.28 bits per heavy atom. The Labute approximate surface area is 165 Å². The van der Waals surface area contributed by atoms with E-state index in [4.69, 9.17) is 0 Å². The third-order valence-corrected chi connectivity index (χ3v) is 4.58. The average molecular weight is 387 g/mol. The van der Waals surface area contributed by atoms with Crippen LogP contribution in [0.3, 0.4) is 0 Å². The number of benzene rings is 2. The highest BCUT2D eigenvalue weighted by Crippen LogP contribution is 2.27. The lowest BCUT2D eigenvalue weighted by Gasteiger charge is -2.12. The summed E-state index contributed by atoms with van der Waals surface area (Å²) >= 11 is 0. The highest BCUT2D eigenvalue weighted by Gasteiger charge is 2.18. The van der Waals surface area contributed by atoms with Crippen LogP contribution in [0.2, 0.25) is 0 Å². The van der Waals surface area contributed by atoms with Crippen molar-refractivity contribution < 1.29 is 9.32 Å². The molecule has 0 saturated carbocycles. The van der Waals surface area contributed by atoms with Crippen molar-refractivity contribution in [2.24, 2.45) is 0 Å². The molecule has 0 aliphatic rings. The maximum atomic E-state index is 13.1. The molecule has 0 spiro atoms. The predicted molar refractivity (Wildman–Crippen MR) is 107 cm³/mol. The first kappa shape index (κ1) is 18.3. The first-order valence-electron chi connectivity index (χ1n) is 9.11. The third-order valence-electron chi connectivity index (χ3n) is 4.58. The number of nitrogens with one attached hydrogen (secondary N) is 2. The van der Waals surface area contributed by atoms with Gasteiger partial charge >= 0.3 is 5.76 Å². The van der Waals surface area contributed by atoms with Crippen LogP contribution < -0.4 is 11.1 Å². The third kappa shape index (κ3) is 3.41. The molecule has 0 unspecified atom stereocenters. The summed E-state index contributed by atoms with van der Waals surface area (Å²) in [7, 11) is 0. The topological polar surface area (TPSA) is 117 Å². The number of rotatable bonds is 5. The molecular formula is C21H17N5O3. The van der Waals surface area contributed by atoms with Crippen LogP contribution >= 0.6 is 0 Å². The molecule has 2 aromatic carbocycles. The van der Waals surface area contributed by atoms with Crippen LogP contribution in [0.5, 0.6) is 0 Å². The smallest absolute Gasteiger partial charge is 0.337 e. The molecule has 0 fully saturated rings. The molecular weight excluding hydrogens is 370 g/mol. The predicted octanol–water partition coefficient (Wildman–Crippen LogP) is 3.52. The number of carbonyl (C=O) groups excluding carboxylic acids is 1. The number of H-pyrrole nitrogens is 1. The van der Waals surface area contributed by atoms with Crippen LogP contribution in [-0.2, 0) is 6.54 Å². The molecule has 2 aromatic heterocycles.